The van der Waals surface area contributed by atoms with Crippen LogP contribution in [0.1, 0.15) is 5.56 Å². The van der Waals surface area contributed by atoms with E-state index in [0.29, 0.717) is 0 Å². The monoisotopic (exact) mass is 220 g/mol. The second-order valence-electron chi connectivity index (χ2n) is 2.98. The van der Waals surface area contributed by atoms with Crippen LogP contribution in [0.5, 0.6) is 0 Å². The molecule has 0 saturated carbocycles. The van der Waals surface area contributed by atoms with E-state index < -0.39 is 12.1 Å². The van der Waals surface area contributed by atoms with E-state index in [-0.39, 0.29) is 13.1 Å². The topological polar surface area (TPSA) is 52.6 Å². The number of hydrogen-bond acceptors (Lipinski definition) is 4. The summed E-state index contributed by atoms with van der Waals surface area (Å²) in [7, 11) is 0. The highest BCUT2D eigenvalue weighted by atomic mass is 16.6. The molecule has 1 aromatic carbocycles. The third-order valence-corrected chi connectivity index (χ3v) is 1.87. The van der Waals surface area contributed by atoms with Crippen LogP contribution in [0.4, 0.5) is 0 Å². The van der Waals surface area contributed by atoms with Gasteiger partial charge >= 0.3 is 5.97 Å². The first kappa shape index (κ1) is 12.0. The molecule has 0 saturated heterocycles. The number of benzene rings is 1. The Kier molecular flexibility index (Phi) is 4.79. The largest absolute Gasteiger partial charge is 0.458 e. The van der Waals surface area contributed by atoms with Gasteiger partial charge in [0.1, 0.15) is 6.61 Å². The lowest BCUT2D eigenvalue weighted by atomic mass is 10.2. The minimum absolute atomic E-state index is 0.145. The number of ether oxygens (including phenoxy) is 2. The standard InChI is InChI=1S/C12H12O4/c1-2-11(16-9-13)12(14)15-8-10-6-4-3-5-7-10/h2-7,9,11H,1,8H2. The van der Waals surface area contributed by atoms with E-state index in [1.54, 1.807) is 0 Å². The first-order valence-corrected chi connectivity index (χ1v) is 4.70. The normalized spacial score (nSPS) is 11.2. The zero-order valence-electron chi connectivity index (χ0n) is 8.67. The van der Waals surface area contributed by atoms with Crippen LogP contribution in [-0.4, -0.2) is 18.5 Å². The number of carbonyl (C=O) groups excluding carboxylic acids is 2. The Morgan fingerprint density at radius 2 is 2.06 bits per heavy atom. The minimum atomic E-state index is -1.04. The molecule has 0 aliphatic heterocycles. The quantitative estimate of drug-likeness (QED) is 0.413. The fourth-order valence-electron chi connectivity index (χ4n) is 1.08. The molecule has 0 radical (unpaired) electrons. The van der Waals surface area contributed by atoms with Gasteiger partial charge in [-0.3, -0.25) is 4.79 Å². The third kappa shape index (κ3) is 3.57. The molecule has 0 N–H and O–H groups in total. The average Bonchev–Trinajstić information content (AvgIpc) is 2.34. The Balaban J connectivity index is 2.45. The summed E-state index contributed by atoms with van der Waals surface area (Å²) >= 11 is 0. The van der Waals surface area contributed by atoms with Crippen LogP contribution in [0.3, 0.4) is 0 Å². The zero-order chi connectivity index (χ0) is 11.8. The first-order valence-electron chi connectivity index (χ1n) is 4.70. The Morgan fingerprint density at radius 3 is 2.62 bits per heavy atom. The highest BCUT2D eigenvalue weighted by Gasteiger charge is 2.17. The molecule has 1 rings (SSSR count). The van der Waals surface area contributed by atoms with Crippen molar-refractivity contribution in [2.24, 2.45) is 0 Å². The highest BCUT2D eigenvalue weighted by Crippen LogP contribution is 2.03. The van der Waals surface area contributed by atoms with Gasteiger partial charge in [0, 0.05) is 0 Å². The lowest BCUT2D eigenvalue weighted by Crippen LogP contribution is -2.23. The fourth-order valence-corrected chi connectivity index (χ4v) is 1.08. The minimum Gasteiger partial charge on any atom is -0.458 e. The molecule has 0 spiro atoms. The predicted octanol–water partition coefficient (Wildman–Crippen LogP) is 1.46. The predicted molar refractivity (Wildman–Crippen MR) is 57.4 cm³/mol. The Hall–Kier alpha value is -2.10. The van der Waals surface area contributed by atoms with E-state index in [2.05, 4.69) is 11.3 Å². The van der Waals surface area contributed by atoms with Gasteiger partial charge in [0.15, 0.2) is 0 Å². The fraction of sp³-hybridized carbons (Fsp3) is 0.167. The maximum atomic E-state index is 11.4. The van der Waals surface area contributed by atoms with Crippen molar-refractivity contribution in [1.29, 1.82) is 0 Å². The number of rotatable bonds is 6. The molecule has 0 aliphatic rings. The summed E-state index contributed by atoms with van der Waals surface area (Å²) in [6.45, 7) is 3.71. The number of carbonyl (C=O) groups is 2. The molecule has 1 aromatic rings. The van der Waals surface area contributed by atoms with Gasteiger partial charge in [-0.05, 0) is 11.6 Å². The molecule has 1 unspecified atom stereocenters. The van der Waals surface area contributed by atoms with Crippen molar-refractivity contribution in [2.45, 2.75) is 12.7 Å². The number of esters is 1. The summed E-state index contributed by atoms with van der Waals surface area (Å²) in [5.41, 5.74) is 0.866. The van der Waals surface area contributed by atoms with Crippen LogP contribution < -0.4 is 0 Å². The van der Waals surface area contributed by atoms with E-state index in [1.807, 2.05) is 30.3 Å². The molecular formula is C12H12O4. The lowest BCUT2D eigenvalue weighted by Gasteiger charge is -2.10. The van der Waals surface area contributed by atoms with Crippen LogP contribution >= 0.6 is 0 Å². The van der Waals surface area contributed by atoms with Crippen LogP contribution in [0, 0.1) is 0 Å². The Labute approximate surface area is 93.5 Å². The van der Waals surface area contributed by atoms with E-state index in [0.717, 1.165) is 5.56 Å². The van der Waals surface area contributed by atoms with Gasteiger partial charge in [-0.2, -0.15) is 0 Å². The molecule has 1 atom stereocenters. The zero-order valence-corrected chi connectivity index (χ0v) is 8.67. The molecule has 0 bridgehead atoms. The average molecular weight is 220 g/mol. The van der Waals surface area contributed by atoms with Gasteiger partial charge in [-0.1, -0.05) is 36.9 Å². The molecule has 16 heavy (non-hydrogen) atoms. The molecule has 0 amide bonds. The molecular weight excluding hydrogens is 208 g/mol. The molecule has 4 nitrogen and oxygen atoms in total. The van der Waals surface area contributed by atoms with Crippen LogP contribution in [-0.2, 0) is 25.7 Å². The summed E-state index contributed by atoms with van der Waals surface area (Å²) in [6.07, 6.45) is 0.170. The van der Waals surface area contributed by atoms with Gasteiger partial charge in [-0.15, -0.1) is 0 Å². The SMILES string of the molecule is C=CC(OC=O)C(=O)OCc1ccccc1. The summed E-state index contributed by atoms with van der Waals surface area (Å²) in [5, 5.41) is 0. The van der Waals surface area contributed by atoms with Gasteiger partial charge in [-0.25, -0.2) is 4.79 Å². The lowest BCUT2D eigenvalue weighted by molar-refractivity contribution is -0.159. The molecule has 0 heterocycles. The summed E-state index contributed by atoms with van der Waals surface area (Å²) in [4.78, 5) is 21.4. The van der Waals surface area contributed by atoms with E-state index in [1.165, 1.54) is 6.08 Å². The summed E-state index contributed by atoms with van der Waals surface area (Å²) in [6, 6.07) is 9.22. The second-order valence-corrected chi connectivity index (χ2v) is 2.98. The molecule has 4 heteroatoms. The van der Waals surface area contributed by atoms with E-state index in [4.69, 9.17) is 4.74 Å². The van der Waals surface area contributed by atoms with Crippen LogP contribution in [0.2, 0.25) is 0 Å². The number of hydrogen-bond donors (Lipinski definition) is 0. The third-order valence-electron chi connectivity index (χ3n) is 1.87. The molecule has 0 aliphatic carbocycles. The summed E-state index contributed by atoms with van der Waals surface area (Å²) in [5.74, 6) is -0.633. The smallest absolute Gasteiger partial charge is 0.351 e. The highest BCUT2D eigenvalue weighted by molar-refractivity contribution is 5.77. The van der Waals surface area contributed by atoms with Crippen molar-refractivity contribution in [3.05, 3.63) is 48.6 Å². The van der Waals surface area contributed by atoms with Gasteiger partial charge in [0.05, 0.1) is 0 Å². The Bertz CT molecular complexity index is 359. The maximum Gasteiger partial charge on any atom is 0.351 e. The van der Waals surface area contributed by atoms with Crippen molar-refractivity contribution in [2.75, 3.05) is 0 Å². The van der Waals surface area contributed by atoms with E-state index in [9.17, 15) is 9.59 Å². The van der Waals surface area contributed by atoms with Gasteiger partial charge in [0.25, 0.3) is 6.47 Å². The Morgan fingerprint density at radius 1 is 1.38 bits per heavy atom. The van der Waals surface area contributed by atoms with Crippen molar-refractivity contribution in [3.8, 4) is 0 Å². The van der Waals surface area contributed by atoms with E-state index >= 15 is 0 Å². The van der Waals surface area contributed by atoms with Crippen LogP contribution in [0.25, 0.3) is 0 Å². The van der Waals surface area contributed by atoms with Crippen molar-refractivity contribution >= 4 is 12.4 Å². The second kappa shape index (κ2) is 6.40. The van der Waals surface area contributed by atoms with Crippen LogP contribution in [0.15, 0.2) is 43.0 Å². The van der Waals surface area contributed by atoms with Gasteiger partial charge in [0.2, 0.25) is 6.10 Å². The molecule has 0 fully saturated rings. The molecule has 84 valence electrons. The first-order chi connectivity index (χ1) is 7.77. The van der Waals surface area contributed by atoms with Crippen molar-refractivity contribution in [1.82, 2.24) is 0 Å². The van der Waals surface area contributed by atoms with Crippen molar-refractivity contribution < 1.29 is 19.1 Å². The van der Waals surface area contributed by atoms with Gasteiger partial charge < -0.3 is 9.47 Å². The summed E-state index contributed by atoms with van der Waals surface area (Å²) < 4.78 is 9.41. The maximum absolute atomic E-state index is 11.4. The van der Waals surface area contributed by atoms with Crippen molar-refractivity contribution in [3.63, 3.8) is 0 Å². The molecule has 0 aromatic heterocycles.